The van der Waals surface area contributed by atoms with Crippen LogP contribution < -0.4 is 0 Å². The normalized spacial score (nSPS) is 14.3. The summed E-state index contributed by atoms with van der Waals surface area (Å²) in [6.45, 7) is 4.26. The Morgan fingerprint density at radius 1 is 1.39 bits per heavy atom. The van der Waals surface area contributed by atoms with Crippen LogP contribution in [-0.4, -0.2) is 43.8 Å². The summed E-state index contributed by atoms with van der Waals surface area (Å²) in [7, 11) is -4.31. The lowest BCUT2D eigenvalue weighted by Gasteiger charge is -2.34. The van der Waals surface area contributed by atoms with E-state index in [4.69, 9.17) is 4.74 Å². The summed E-state index contributed by atoms with van der Waals surface area (Å²) in [6, 6.07) is 0. The number of thioether (sulfide) groups is 1. The first-order valence-electron chi connectivity index (χ1n) is 5.70. The van der Waals surface area contributed by atoms with E-state index < -0.39 is 23.3 Å². The molecule has 108 valence electrons. The molecule has 0 fully saturated rings. The SMILES string of the molecule is CCC(CC)(SC(CO)COC(C)=O)P(=O)(O)O. The lowest BCUT2D eigenvalue weighted by atomic mass is 10.2. The minimum Gasteiger partial charge on any atom is -0.465 e. The average Bonchev–Trinajstić information content (AvgIpc) is 2.28. The number of esters is 1. The van der Waals surface area contributed by atoms with Crippen molar-refractivity contribution < 1.29 is 29.0 Å². The van der Waals surface area contributed by atoms with E-state index in [1.54, 1.807) is 13.8 Å². The molecule has 18 heavy (non-hydrogen) atoms. The monoisotopic (exact) mass is 300 g/mol. The number of carbonyl (C=O) groups excluding carboxylic acids is 1. The predicted molar refractivity (Wildman–Crippen MR) is 70.5 cm³/mol. The molecule has 0 aromatic heterocycles. The van der Waals surface area contributed by atoms with Gasteiger partial charge in [-0.05, 0) is 12.8 Å². The maximum absolute atomic E-state index is 11.6. The number of hydrogen-bond donors (Lipinski definition) is 3. The molecular formula is C10H21O6PS. The molecule has 0 aliphatic heterocycles. The zero-order valence-corrected chi connectivity index (χ0v) is 12.5. The van der Waals surface area contributed by atoms with E-state index in [-0.39, 0.29) is 26.1 Å². The maximum atomic E-state index is 11.6. The summed E-state index contributed by atoms with van der Waals surface area (Å²) >= 11 is 0.996. The van der Waals surface area contributed by atoms with Gasteiger partial charge in [-0.2, -0.15) is 0 Å². The predicted octanol–water partition coefficient (Wildman–Crippen LogP) is 1.34. The van der Waals surface area contributed by atoms with Gasteiger partial charge in [-0.15, -0.1) is 11.8 Å². The lowest BCUT2D eigenvalue weighted by molar-refractivity contribution is -0.141. The van der Waals surface area contributed by atoms with E-state index in [1.165, 1.54) is 6.92 Å². The molecule has 0 radical (unpaired) electrons. The highest BCUT2D eigenvalue weighted by Gasteiger charge is 2.46. The number of ether oxygens (including phenoxy) is 1. The summed E-state index contributed by atoms with van der Waals surface area (Å²) < 4.78 is 15.1. The molecular weight excluding hydrogens is 279 g/mol. The topological polar surface area (TPSA) is 104 Å². The molecule has 0 spiro atoms. The minimum atomic E-state index is -4.31. The largest absolute Gasteiger partial charge is 0.465 e. The average molecular weight is 300 g/mol. The van der Waals surface area contributed by atoms with E-state index >= 15 is 0 Å². The van der Waals surface area contributed by atoms with Gasteiger partial charge in [0.15, 0.2) is 0 Å². The van der Waals surface area contributed by atoms with Gasteiger partial charge in [-0.3, -0.25) is 9.36 Å². The number of rotatable bonds is 8. The molecule has 0 saturated carbocycles. The van der Waals surface area contributed by atoms with Crippen molar-refractivity contribution in [2.75, 3.05) is 13.2 Å². The van der Waals surface area contributed by atoms with Crippen LogP contribution in [0.15, 0.2) is 0 Å². The number of hydrogen-bond acceptors (Lipinski definition) is 5. The molecule has 0 amide bonds. The Hall–Kier alpha value is -0.0700. The molecule has 0 rings (SSSR count). The highest BCUT2D eigenvalue weighted by Crippen LogP contribution is 2.61. The number of aliphatic hydroxyl groups is 1. The molecule has 0 aromatic rings. The molecule has 0 heterocycles. The summed E-state index contributed by atoms with van der Waals surface area (Å²) in [6.07, 6.45) is 0.546. The van der Waals surface area contributed by atoms with Crippen molar-refractivity contribution in [2.24, 2.45) is 0 Å². The number of aliphatic hydroxyl groups excluding tert-OH is 1. The standard InChI is InChI=1S/C10H21O6PS/c1-4-10(5-2,17(13,14)15)18-9(6-11)7-16-8(3)12/h9,11H,4-7H2,1-3H3,(H2,13,14,15). The molecule has 0 aromatic carbocycles. The van der Waals surface area contributed by atoms with Crippen LogP contribution in [0, 0.1) is 0 Å². The number of carbonyl (C=O) groups is 1. The second kappa shape index (κ2) is 7.50. The van der Waals surface area contributed by atoms with Crippen molar-refractivity contribution in [1.29, 1.82) is 0 Å². The van der Waals surface area contributed by atoms with Gasteiger partial charge < -0.3 is 19.6 Å². The van der Waals surface area contributed by atoms with E-state index in [0.717, 1.165) is 11.8 Å². The van der Waals surface area contributed by atoms with Gasteiger partial charge in [0.2, 0.25) is 0 Å². The summed E-state index contributed by atoms with van der Waals surface area (Å²) in [5, 5.41) is 8.65. The van der Waals surface area contributed by atoms with Gasteiger partial charge >= 0.3 is 13.6 Å². The highest BCUT2D eigenvalue weighted by molar-refractivity contribution is 8.06. The first kappa shape index (κ1) is 17.9. The van der Waals surface area contributed by atoms with Crippen molar-refractivity contribution in [3.63, 3.8) is 0 Å². The van der Waals surface area contributed by atoms with Crippen LogP contribution >= 0.6 is 19.4 Å². The summed E-state index contributed by atoms with van der Waals surface area (Å²) in [5.41, 5.74) is 0. The van der Waals surface area contributed by atoms with E-state index in [0.29, 0.717) is 0 Å². The van der Waals surface area contributed by atoms with E-state index in [2.05, 4.69) is 0 Å². The molecule has 0 aliphatic rings. The Kier molecular flexibility index (Phi) is 7.47. The molecule has 8 heteroatoms. The van der Waals surface area contributed by atoms with Gasteiger partial charge in [-0.1, -0.05) is 13.8 Å². The Bertz CT molecular complexity index is 311. The first-order valence-corrected chi connectivity index (χ1v) is 8.19. The Balaban J connectivity index is 4.84. The van der Waals surface area contributed by atoms with Crippen LogP contribution in [0.25, 0.3) is 0 Å². The molecule has 0 aliphatic carbocycles. The van der Waals surface area contributed by atoms with Crippen LogP contribution in [0.3, 0.4) is 0 Å². The summed E-state index contributed by atoms with van der Waals surface area (Å²) in [4.78, 5) is 29.6. The van der Waals surface area contributed by atoms with Crippen LogP contribution in [0.1, 0.15) is 33.6 Å². The van der Waals surface area contributed by atoms with Crippen molar-refractivity contribution in [2.45, 2.75) is 43.4 Å². The van der Waals surface area contributed by atoms with Gasteiger partial charge in [0.1, 0.15) is 11.1 Å². The van der Waals surface area contributed by atoms with Crippen LogP contribution in [0.5, 0.6) is 0 Å². The lowest BCUT2D eigenvalue weighted by Crippen LogP contribution is -2.30. The van der Waals surface area contributed by atoms with Gasteiger partial charge in [-0.25, -0.2) is 0 Å². The quantitative estimate of drug-likeness (QED) is 0.459. The molecule has 6 nitrogen and oxygen atoms in total. The Labute approximate surface area is 111 Å². The highest BCUT2D eigenvalue weighted by atomic mass is 32.2. The van der Waals surface area contributed by atoms with Crippen molar-refractivity contribution in [3.8, 4) is 0 Å². The summed E-state index contributed by atoms with van der Waals surface area (Å²) in [5.74, 6) is -0.483. The maximum Gasteiger partial charge on any atom is 0.341 e. The second-order valence-corrected chi connectivity index (χ2v) is 7.85. The fourth-order valence-electron chi connectivity index (χ4n) is 1.54. The fourth-order valence-corrected chi connectivity index (χ4v) is 4.53. The molecule has 1 atom stereocenters. The smallest absolute Gasteiger partial charge is 0.341 e. The molecule has 3 N–H and O–H groups in total. The zero-order valence-electron chi connectivity index (χ0n) is 10.8. The third-order valence-corrected chi connectivity index (χ3v) is 7.06. The second-order valence-electron chi connectivity index (χ2n) is 3.92. The third-order valence-electron chi connectivity index (χ3n) is 2.70. The molecule has 0 saturated heterocycles. The van der Waals surface area contributed by atoms with Crippen molar-refractivity contribution in [1.82, 2.24) is 0 Å². The van der Waals surface area contributed by atoms with Crippen molar-refractivity contribution in [3.05, 3.63) is 0 Å². The molecule has 0 bridgehead atoms. The van der Waals surface area contributed by atoms with Crippen LogP contribution in [-0.2, 0) is 14.1 Å². The minimum absolute atomic E-state index is 0.0573. The van der Waals surface area contributed by atoms with E-state index in [1.807, 2.05) is 0 Å². The van der Waals surface area contributed by atoms with Gasteiger partial charge in [0, 0.05) is 6.92 Å². The van der Waals surface area contributed by atoms with E-state index in [9.17, 15) is 24.3 Å². The zero-order chi connectivity index (χ0) is 14.4. The van der Waals surface area contributed by atoms with Gasteiger partial charge in [0.05, 0.1) is 11.9 Å². The van der Waals surface area contributed by atoms with Crippen molar-refractivity contribution >= 4 is 25.3 Å². The van der Waals surface area contributed by atoms with Gasteiger partial charge in [0.25, 0.3) is 0 Å². The van der Waals surface area contributed by atoms with Crippen LogP contribution in [0.4, 0.5) is 0 Å². The Morgan fingerprint density at radius 2 is 1.89 bits per heavy atom. The third kappa shape index (κ3) is 4.90. The van der Waals surface area contributed by atoms with Crippen LogP contribution in [0.2, 0.25) is 0 Å². The first-order chi connectivity index (χ1) is 8.22. The Morgan fingerprint density at radius 3 is 2.17 bits per heavy atom. The molecule has 1 unspecified atom stereocenters. The fraction of sp³-hybridized carbons (Fsp3) is 0.900.